The van der Waals surface area contributed by atoms with Gasteiger partial charge in [0.2, 0.25) is 5.91 Å². The second kappa shape index (κ2) is 11.1. The largest absolute Gasteiger partial charge is 0.507 e. The molecule has 0 radical (unpaired) electrons. The lowest BCUT2D eigenvalue weighted by Gasteiger charge is -2.34. The molecule has 2 bridgehead atoms. The highest BCUT2D eigenvalue weighted by atomic mass is 16.3. The monoisotopic (exact) mass is 490 g/mol. The van der Waals surface area contributed by atoms with Gasteiger partial charge in [-0.05, 0) is 55.9 Å². The lowest BCUT2D eigenvalue weighted by atomic mass is 9.69. The van der Waals surface area contributed by atoms with Crippen molar-refractivity contribution in [3.05, 3.63) is 72.1 Å². The Morgan fingerprint density at radius 2 is 1.72 bits per heavy atom. The molecule has 7 nitrogen and oxygen atoms in total. The second-order valence-corrected chi connectivity index (χ2v) is 10.2. The van der Waals surface area contributed by atoms with Gasteiger partial charge in [0.15, 0.2) is 5.78 Å². The number of fused-ring (bicyclic) bond motifs is 5. The van der Waals surface area contributed by atoms with Gasteiger partial charge in [0, 0.05) is 24.5 Å². The number of allylic oxidation sites excluding steroid dienone is 9. The van der Waals surface area contributed by atoms with Gasteiger partial charge in [0.25, 0.3) is 5.91 Å². The first kappa shape index (κ1) is 25.6. The van der Waals surface area contributed by atoms with Gasteiger partial charge in [-0.1, -0.05) is 55.5 Å². The van der Waals surface area contributed by atoms with E-state index in [1.165, 1.54) is 12.2 Å². The first-order valence-electron chi connectivity index (χ1n) is 12.7. The van der Waals surface area contributed by atoms with Crippen molar-refractivity contribution in [3.8, 4) is 0 Å². The van der Waals surface area contributed by atoms with Gasteiger partial charge < -0.3 is 15.7 Å². The number of amides is 2. The summed E-state index contributed by atoms with van der Waals surface area (Å²) in [7, 11) is 0. The summed E-state index contributed by atoms with van der Waals surface area (Å²) in [6.45, 7) is 4.18. The smallest absolute Gasteiger partial charge is 0.259 e. The van der Waals surface area contributed by atoms with Crippen molar-refractivity contribution in [3.63, 3.8) is 0 Å². The molecule has 0 aromatic rings. The molecule has 4 rings (SSSR count). The summed E-state index contributed by atoms with van der Waals surface area (Å²) in [5.41, 5.74) is -0.232. The van der Waals surface area contributed by atoms with E-state index in [1.54, 1.807) is 19.1 Å². The van der Waals surface area contributed by atoms with Crippen LogP contribution in [0.1, 0.15) is 33.1 Å². The van der Waals surface area contributed by atoms with Crippen LogP contribution in [0.25, 0.3) is 0 Å². The number of aliphatic hydroxyl groups is 1. The quantitative estimate of drug-likeness (QED) is 0.386. The number of rotatable bonds is 1. The van der Waals surface area contributed by atoms with Crippen LogP contribution < -0.4 is 10.6 Å². The van der Waals surface area contributed by atoms with E-state index in [0.717, 1.165) is 6.42 Å². The topological polar surface area (TPSA) is 113 Å². The molecule has 36 heavy (non-hydrogen) atoms. The van der Waals surface area contributed by atoms with Crippen LogP contribution in [0, 0.1) is 35.5 Å². The maximum absolute atomic E-state index is 12.7. The highest BCUT2D eigenvalue weighted by molar-refractivity contribution is 6.27. The summed E-state index contributed by atoms with van der Waals surface area (Å²) < 4.78 is 0. The number of nitrogens with one attached hydrogen (secondary N) is 2. The highest BCUT2D eigenvalue weighted by Gasteiger charge is 2.47. The molecule has 7 heteroatoms. The summed E-state index contributed by atoms with van der Waals surface area (Å²) in [6.07, 6.45) is 20.2. The number of Topliss-reactive ketones (excluding diaryl/α,β-unsaturated/α-hetero) is 2. The van der Waals surface area contributed by atoms with Gasteiger partial charge in [-0.2, -0.15) is 0 Å². The molecule has 190 valence electrons. The summed E-state index contributed by atoms with van der Waals surface area (Å²) in [6, 6.07) is -0.707. The first-order chi connectivity index (χ1) is 17.3. The molecule has 4 aliphatic rings. The Labute approximate surface area is 211 Å². The molecule has 2 fully saturated rings. The van der Waals surface area contributed by atoms with Crippen molar-refractivity contribution in [2.24, 2.45) is 35.5 Å². The van der Waals surface area contributed by atoms with E-state index in [4.69, 9.17) is 0 Å². The summed E-state index contributed by atoms with van der Waals surface area (Å²) in [5, 5.41) is 15.9. The lowest BCUT2D eigenvalue weighted by Crippen LogP contribution is -2.31. The average molecular weight is 491 g/mol. The average Bonchev–Trinajstić information content (AvgIpc) is 3.31. The van der Waals surface area contributed by atoms with E-state index >= 15 is 0 Å². The van der Waals surface area contributed by atoms with Gasteiger partial charge in [0.1, 0.15) is 17.1 Å². The van der Waals surface area contributed by atoms with Crippen molar-refractivity contribution in [1.29, 1.82) is 0 Å². The number of hydrogen-bond acceptors (Lipinski definition) is 5. The van der Waals surface area contributed by atoms with Crippen molar-refractivity contribution >= 4 is 23.4 Å². The van der Waals surface area contributed by atoms with E-state index in [9.17, 15) is 24.3 Å². The summed E-state index contributed by atoms with van der Waals surface area (Å²) in [4.78, 5) is 49.5. The Hall–Kier alpha value is -3.48. The van der Waals surface area contributed by atoms with E-state index in [2.05, 4.69) is 41.9 Å². The predicted molar refractivity (Wildman–Crippen MR) is 136 cm³/mol. The van der Waals surface area contributed by atoms with Crippen molar-refractivity contribution in [1.82, 2.24) is 10.6 Å². The molecule has 7 atom stereocenters. The van der Waals surface area contributed by atoms with Crippen molar-refractivity contribution in [2.75, 3.05) is 6.54 Å². The molecule has 1 saturated carbocycles. The molecule has 1 saturated heterocycles. The molecule has 0 aromatic carbocycles. The lowest BCUT2D eigenvalue weighted by molar-refractivity contribution is -0.122. The fourth-order valence-electron chi connectivity index (χ4n) is 6.22. The van der Waals surface area contributed by atoms with Crippen LogP contribution in [0.2, 0.25) is 0 Å². The molecule has 0 unspecified atom stereocenters. The maximum Gasteiger partial charge on any atom is 0.259 e. The first-order valence-corrected chi connectivity index (χ1v) is 12.7. The van der Waals surface area contributed by atoms with E-state index < -0.39 is 17.7 Å². The molecule has 3 N–H and O–H groups in total. The molecular formula is C29H34N2O5. The van der Waals surface area contributed by atoms with Crippen molar-refractivity contribution < 1.29 is 24.3 Å². The van der Waals surface area contributed by atoms with Gasteiger partial charge in [-0.3, -0.25) is 19.2 Å². The van der Waals surface area contributed by atoms with E-state index in [0.29, 0.717) is 25.3 Å². The fourth-order valence-corrected chi connectivity index (χ4v) is 6.22. The number of carbonyl (C=O) groups excluding carboxylic acids is 4. The minimum atomic E-state index is -0.707. The zero-order valence-electron chi connectivity index (χ0n) is 20.7. The number of aliphatic hydroxyl groups excluding tert-OH is 1. The van der Waals surface area contributed by atoms with E-state index in [1.807, 2.05) is 12.2 Å². The van der Waals surface area contributed by atoms with Crippen LogP contribution in [-0.2, 0) is 19.2 Å². The summed E-state index contributed by atoms with van der Waals surface area (Å²) >= 11 is 0. The Balaban J connectivity index is 1.65. The predicted octanol–water partition coefficient (Wildman–Crippen LogP) is 3.28. The van der Waals surface area contributed by atoms with Crippen molar-refractivity contribution in [2.45, 2.75) is 39.2 Å². The van der Waals surface area contributed by atoms with Crippen LogP contribution in [0.5, 0.6) is 0 Å². The third kappa shape index (κ3) is 5.35. The Bertz CT molecular complexity index is 1110. The molecule has 2 amide bonds. The Morgan fingerprint density at radius 3 is 2.50 bits per heavy atom. The van der Waals surface area contributed by atoms with Crippen LogP contribution >= 0.6 is 0 Å². The normalized spacial score (nSPS) is 38.5. The highest BCUT2D eigenvalue weighted by Crippen LogP contribution is 2.51. The zero-order valence-corrected chi connectivity index (χ0v) is 20.7. The van der Waals surface area contributed by atoms with Crippen LogP contribution in [-0.4, -0.2) is 41.1 Å². The second-order valence-electron chi connectivity index (χ2n) is 10.2. The Kier molecular flexibility index (Phi) is 7.87. The van der Waals surface area contributed by atoms with Crippen LogP contribution in [0.3, 0.4) is 0 Å². The van der Waals surface area contributed by atoms with Gasteiger partial charge in [-0.25, -0.2) is 0 Å². The SMILES string of the molecule is CC(=O)[C@H]1[C@@H]2C=C[C@@H]3/C=C/C=C/C(=O)NCCC[C@@H]4NC(=O)C(=C(O)/C=C/C=C/[C@@H]3[C@H]2C[C@H]1C)C4=O. The van der Waals surface area contributed by atoms with Crippen LogP contribution in [0.4, 0.5) is 0 Å². The molecule has 2 aliphatic carbocycles. The van der Waals surface area contributed by atoms with Gasteiger partial charge in [-0.15, -0.1) is 0 Å². The summed E-state index contributed by atoms with van der Waals surface area (Å²) in [5.74, 6) is -0.422. The van der Waals surface area contributed by atoms with Crippen LogP contribution in [0.15, 0.2) is 72.1 Å². The minimum Gasteiger partial charge on any atom is -0.507 e. The standard InChI is InChI=1S/C29H34N2O5/c1-17-16-22-20-9-4-5-11-24(33)27-28(35)23(31-29(27)36)10-7-15-30-25(34)12-6-3-8-19(20)13-14-21(22)26(17)18(2)32/h3-6,8-9,11-14,17,19-23,26,33H,7,10,15-16H2,1-2H3,(H,30,34)(H,31,36)/b8-3+,9-4+,11-5+,12-6+,27-24?/t17-,19+,20+,21-,22-,23+,26+/m1/s1. The number of ketones is 2. The Morgan fingerprint density at radius 1 is 0.972 bits per heavy atom. The maximum atomic E-state index is 12.7. The minimum absolute atomic E-state index is 0.00862. The van der Waals surface area contributed by atoms with Gasteiger partial charge >= 0.3 is 0 Å². The fraction of sp³-hybridized carbons (Fsp3) is 0.448. The molecule has 2 aliphatic heterocycles. The molecular weight excluding hydrogens is 456 g/mol. The third-order valence-corrected chi connectivity index (χ3v) is 7.84. The third-order valence-electron chi connectivity index (χ3n) is 7.84. The molecule has 0 aromatic heterocycles. The number of carbonyl (C=O) groups is 4. The zero-order chi connectivity index (χ0) is 25.8. The molecule has 0 spiro atoms. The van der Waals surface area contributed by atoms with E-state index in [-0.39, 0.29) is 52.6 Å². The number of hydrogen-bond donors (Lipinski definition) is 3. The molecule has 2 heterocycles. The van der Waals surface area contributed by atoms with Gasteiger partial charge in [0.05, 0.1) is 6.04 Å².